The average molecular weight is 246 g/mol. The van der Waals surface area contributed by atoms with Crippen molar-refractivity contribution in [3.63, 3.8) is 0 Å². The van der Waals surface area contributed by atoms with Crippen molar-refractivity contribution in [3.8, 4) is 5.75 Å². The van der Waals surface area contributed by atoms with Gasteiger partial charge in [0, 0.05) is 25.4 Å². The number of para-hydroxylation sites is 1. The van der Waals surface area contributed by atoms with E-state index in [4.69, 9.17) is 4.74 Å². The minimum Gasteiger partial charge on any atom is -0.493 e. The molecule has 18 heavy (non-hydrogen) atoms. The van der Waals surface area contributed by atoms with E-state index in [0.29, 0.717) is 18.9 Å². The minimum atomic E-state index is -0.580. The van der Waals surface area contributed by atoms with Gasteiger partial charge in [-0.1, -0.05) is 18.2 Å². The minimum absolute atomic E-state index is 0.474. The highest BCUT2D eigenvalue weighted by molar-refractivity contribution is 5.20. The van der Waals surface area contributed by atoms with Crippen molar-refractivity contribution in [2.45, 2.75) is 26.0 Å². The summed E-state index contributed by atoms with van der Waals surface area (Å²) in [5.74, 6) is 1.53. The SMILES string of the molecule is CCn1ccnc1C(O)CCOc1ccccc1. The summed E-state index contributed by atoms with van der Waals surface area (Å²) in [4.78, 5) is 4.17. The molecule has 2 aromatic rings. The molecule has 0 aliphatic rings. The molecule has 0 bridgehead atoms. The van der Waals surface area contributed by atoms with Gasteiger partial charge in [-0.2, -0.15) is 0 Å². The van der Waals surface area contributed by atoms with E-state index >= 15 is 0 Å². The predicted molar refractivity (Wildman–Crippen MR) is 69.4 cm³/mol. The third-order valence-corrected chi connectivity index (χ3v) is 2.79. The highest BCUT2D eigenvalue weighted by Crippen LogP contribution is 2.16. The Kier molecular flexibility index (Phi) is 4.36. The van der Waals surface area contributed by atoms with Gasteiger partial charge in [0.15, 0.2) is 0 Å². The lowest BCUT2D eigenvalue weighted by molar-refractivity contribution is 0.129. The Balaban J connectivity index is 1.84. The van der Waals surface area contributed by atoms with Crippen molar-refractivity contribution in [2.75, 3.05) is 6.61 Å². The van der Waals surface area contributed by atoms with Gasteiger partial charge in [0.1, 0.15) is 17.7 Å². The largest absolute Gasteiger partial charge is 0.493 e. The Morgan fingerprint density at radius 2 is 2.11 bits per heavy atom. The number of benzene rings is 1. The molecule has 0 aliphatic carbocycles. The standard InChI is InChI=1S/C14H18N2O2/c1-2-16-10-9-15-14(16)13(17)8-11-18-12-6-4-3-5-7-12/h3-7,9-10,13,17H,2,8,11H2,1H3. The number of hydrogen-bond acceptors (Lipinski definition) is 3. The van der Waals surface area contributed by atoms with Crippen molar-refractivity contribution in [1.29, 1.82) is 0 Å². The maximum Gasteiger partial charge on any atom is 0.137 e. The fourth-order valence-electron chi connectivity index (χ4n) is 1.82. The van der Waals surface area contributed by atoms with Gasteiger partial charge in [-0.3, -0.25) is 0 Å². The zero-order valence-corrected chi connectivity index (χ0v) is 10.5. The molecule has 1 N–H and O–H groups in total. The van der Waals surface area contributed by atoms with Crippen molar-refractivity contribution < 1.29 is 9.84 Å². The lowest BCUT2D eigenvalue weighted by Gasteiger charge is -2.12. The third kappa shape index (κ3) is 3.11. The zero-order valence-electron chi connectivity index (χ0n) is 10.5. The summed E-state index contributed by atoms with van der Waals surface area (Å²) in [7, 11) is 0. The monoisotopic (exact) mass is 246 g/mol. The Bertz CT molecular complexity index is 468. The second kappa shape index (κ2) is 6.21. The molecule has 96 valence electrons. The lowest BCUT2D eigenvalue weighted by atomic mass is 10.2. The summed E-state index contributed by atoms with van der Waals surface area (Å²) in [6, 6.07) is 9.60. The van der Waals surface area contributed by atoms with Crippen LogP contribution in [0.4, 0.5) is 0 Å². The Morgan fingerprint density at radius 3 is 2.83 bits per heavy atom. The summed E-state index contributed by atoms with van der Waals surface area (Å²) in [5, 5.41) is 10.0. The van der Waals surface area contributed by atoms with Crippen molar-refractivity contribution in [3.05, 3.63) is 48.5 Å². The van der Waals surface area contributed by atoms with Crippen LogP contribution in [0.25, 0.3) is 0 Å². The van der Waals surface area contributed by atoms with Crippen LogP contribution in [0, 0.1) is 0 Å². The normalized spacial score (nSPS) is 12.3. The van der Waals surface area contributed by atoms with Crippen LogP contribution in [-0.4, -0.2) is 21.3 Å². The summed E-state index contributed by atoms with van der Waals surface area (Å²) < 4.78 is 7.49. The first-order valence-electron chi connectivity index (χ1n) is 6.18. The second-order valence-electron chi connectivity index (χ2n) is 4.04. The Labute approximate surface area is 107 Å². The first kappa shape index (κ1) is 12.6. The maximum absolute atomic E-state index is 10.0. The highest BCUT2D eigenvalue weighted by Gasteiger charge is 2.13. The fourth-order valence-corrected chi connectivity index (χ4v) is 1.82. The lowest BCUT2D eigenvalue weighted by Crippen LogP contribution is -2.11. The number of imidazole rings is 1. The summed E-state index contributed by atoms with van der Waals surface area (Å²) >= 11 is 0. The highest BCUT2D eigenvalue weighted by atomic mass is 16.5. The van der Waals surface area contributed by atoms with Crippen LogP contribution in [0.1, 0.15) is 25.3 Å². The molecule has 1 atom stereocenters. The summed E-state index contributed by atoms with van der Waals surface area (Å²) in [6.07, 6.45) is 3.53. The first-order valence-corrected chi connectivity index (χ1v) is 6.18. The molecule has 0 amide bonds. The quantitative estimate of drug-likeness (QED) is 0.851. The molecule has 4 nitrogen and oxygen atoms in total. The Hall–Kier alpha value is -1.81. The van der Waals surface area contributed by atoms with Crippen LogP contribution < -0.4 is 4.74 Å². The molecular weight excluding hydrogens is 228 g/mol. The molecule has 1 aromatic carbocycles. The number of hydrogen-bond donors (Lipinski definition) is 1. The van der Waals surface area contributed by atoms with Crippen molar-refractivity contribution in [2.24, 2.45) is 0 Å². The molecule has 0 aliphatic heterocycles. The van der Waals surface area contributed by atoms with Crippen LogP contribution in [0.5, 0.6) is 5.75 Å². The van der Waals surface area contributed by atoms with Gasteiger partial charge in [0.25, 0.3) is 0 Å². The van der Waals surface area contributed by atoms with E-state index in [1.807, 2.05) is 48.0 Å². The number of aliphatic hydroxyl groups is 1. The van der Waals surface area contributed by atoms with Gasteiger partial charge in [-0.05, 0) is 19.1 Å². The molecule has 0 radical (unpaired) electrons. The van der Waals surface area contributed by atoms with Crippen LogP contribution in [0.15, 0.2) is 42.7 Å². The van der Waals surface area contributed by atoms with E-state index in [0.717, 1.165) is 12.3 Å². The topological polar surface area (TPSA) is 47.3 Å². The molecule has 1 heterocycles. The molecule has 1 aromatic heterocycles. The Morgan fingerprint density at radius 1 is 1.33 bits per heavy atom. The zero-order chi connectivity index (χ0) is 12.8. The fraction of sp³-hybridized carbons (Fsp3) is 0.357. The van der Waals surface area contributed by atoms with Gasteiger partial charge >= 0.3 is 0 Å². The smallest absolute Gasteiger partial charge is 0.137 e. The summed E-state index contributed by atoms with van der Waals surface area (Å²) in [5.41, 5.74) is 0. The molecule has 4 heteroatoms. The third-order valence-electron chi connectivity index (χ3n) is 2.79. The van der Waals surface area contributed by atoms with E-state index in [1.165, 1.54) is 0 Å². The van der Waals surface area contributed by atoms with Crippen LogP contribution in [-0.2, 0) is 6.54 Å². The van der Waals surface area contributed by atoms with E-state index in [-0.39, 0.29) is 0 Å². The van der Waals surface area contributed by atoms with E-state index in [9.17, 15) is 5.11 Å². The average Bonchev–Trinajstić information content (AvgIpc) is 2.88. The maximum atomic E-state index is 10.0. The molecule has 2 rings (SSSR count). The number of rotatable bonds is 6. The van der Waals surface area contributed by atoms with Gasteiger partial charge in [-0.25, -0.2) is 4.98 Å². The number of nitrogens with zero attached hydrogens (tertiary/aromatic N) is 2. The van der Waals surface area contributed by atoms with Crippen molar-refractivity contribution in [1.82, 2.24) is 9.55 Å². The van der Waals surface area contributed by atoms with E-state index in [2.05, 4.69) is 4.98 Å². The number of aliphatic hydroxyl groups excluding tert-OH is 1. The predicted octanol–water partition coefficient (Wildman–Crippen LogP) is 2.41. The molecule has 0 spiro atoms. The van der Waals surface area contributed by atoms with Gasteiger partial charge < -0.3 is 14.4 Å². The van der Waals surface area contributed by atoms with Crippen LogP contribution in [0.3, 0.4) is 0 Å². The molecular formula is C14H18N2O2. The van der Waals surface area contributed by atoms with Gasteiger partial charge in [0.2, 0.25) is 0 Å². The second-order valence-corrected chi connectivity index (χ2v) is 4.04. The van der Waals surface area contributed by atoms with E-state index < -0.39 is 6.10 Å². The number of aryl methyl sites for hydroxylation is 1. The molecule has 1 unspecified atom stereocenters. The summed E-state index contributed by atoms with van der Waals surface area (Å²) in [6.45, 7) is 3.31. The van der Waals surface area contributed by atoms with Crippen LogP contribution in [0.2, 0.25) is 0 Å². The molecule has 0 fully saturated rings. The molecule has 0 saturated carbocycles. The van der Waals surface area contributed by atoms with Crippen LogP contribution >= 0.6 is 0 Å². The molecule has 0 saturated heterocycles. The van der Waals surface area contributed by atoms with Crippen molar-refractivity contribution >= 4 is 0 Å². The number of aromatic nitrogens is 2. The van der Waals surface area contributed by atoms with Gasteiger partial charge in [-0.15, -0.1) is 0 Å². The number of ether oxygens (including phenoxy) is 1. The first-order chi connectivity index (χ1) is 8.81. The van der Waals surface area contributed by atoms with E-state index in [1.54, 1.807) is 6.20 Å². The van der Waals surface area contributed by atoms with Gasteiger partial charge in [0.05, 0.1) is 6.61 Å².